The van der Waals surface area contributed by atoms with Gasteiger partial charge in [-0.3, -0.25) is 4.79 Å². The number of carbonyl (C=O) groups is 1. The molecule has 1 aliphatic heterocycles. The van der Waals surface area contributed by atoms with Gasteiger partial charge in [0.15, 0.2) is 5.13 Å². The van der Waals surface area contributed by atoms with Crippen LogP contribution in [0.25, 0.3) is 0 Å². The summed E-state index contributed by atoms with van der Waals surface area (Å²) in [5.74, 6) is 0.0148. The molecule has 0 saturated carbocycles. The highest BCUT2D eigenvalue weighted by Gasteiger charge is 2.29. The first-order valence-corrected chi connectivity index (χ1v) is 9.34. The van der Waals surface area contributed by atoms with Gasteiger partial charge in [-0.05, 0) is 6.92 Å². The lowest BCUT2D eigenvalue weighted by molar-refractivity contribution is -0.123. The van der Waals surface area contributed by atoms with Gasteiger partial charge in [0.1, 0.15) is 0 Å². The van der Waals surface area contributed by atoms with Crippen molar-refractivity contribution >= 4 is 32.4 Å². The number of sulfonamides is 1. The van der Waals surface area contributed by atoms with Crippen molar-refractivity contribution in [3.05, 3.63) is 10.6 Å². The van der Waals surface area contributed by atoms with E-state index in [1.807, 2.05) is 20.8 Å². The van der Waals surface area contributed by atoms with Gasteiger partial charge in [0.05, 0.1) is 11.4 Å². The summed E-state index contributed by atoms with van der Waals surface area (Å²) in [7, 11) is -3.18. The zero-order valence-electron chi connectivity index (χ0n) is 12.8. The molecule has 1 N–H and O–H groups in total. The molecule has 0 fully saturated rings. The summed E-state index contributed by atoms with van der Waals surface area (Å²) >= 11 is 1.36. The monoisotopic (exact) mass is 331 g/mol. The largest absolute Gasteiger partial charge is 0.302 e. The number of carbonyl (C=O) groups excluding carboxylic acids is 1. The summed E-state index contributed by atoms with van der Waals surface area (Å²) in [5.41, 5.74) is 0.413. The van der Waals surface area contributed by atoms with Crippen LogP contribution in [0.3, 0.4) is 0 Å². The Bertz CT molecular complexity index is 644. The molecule has 0 aromatic carbocycles. The fourth-order valence-electron chi connectivity index (χ4n) is 1.93. The molecule has 21 heavy (non-hydrogen) atoms. The van der Waals surface area contributed by atoms with Crippen LogP contribution in [0.5, 0.6) is 0 Å². The van der Waals surface area contributed by atoms with Crippen LogP contribution in [0.4, 0.5) is 5.13 Å². The van der Waals surface area contributed by atoms with E-state index < -0.39 is 15.4 Å². The van der Waals surface area contributed by atoms with Crippen molar-refractivity contribution in [1.82, 2.24) is 9.29 Å². The van der Waals surface area contributed by atoms with Crippen LogP contribution in [0, 0.1) is 5.41 Å². The van der Waals surface area contributed by atoms with Gasteiger partial charge in [-0.25, -0.2) is 13.4 Å². The predicted molar refractivity (Wildman–Crippen MR) is 83.8 cm³/mol. The minimum Gasteiger partial charge on any atom is -0.302 e. The van der Waals surface area contributed by atoms with Gasteiger partial charge in [-0.2, -0.15) is 4.31 Å². The Morgan fingerprint density at radius 2 is 2.10 bits per heavy atom. The van der Waals surface area contributed by atoms with Crippen molar-refractivity contribution in [2.24, 2.45) is 5.41 Å². The summed E-state index contributed by atoms with van der Waals surface area (Å²) < 4.78 is 25.3. The molecule has 2 rings (SSSR count). The maximum absolute atomic E-state index is 12.0. The first-order valence-electron chi connectivity index (χ1n) is 6.91. The average molecular weight is 331 g/mol. The number of fused-ring (bicyclic) bond motifs is 1. The molecule has 8 heteroatoms. The van der Waals surface area contributed by atoms with Gasteiger partial charge in [0, 0.05) is 29.8 Å². The van der Waals surface area contributed by atoms with Crippen LogP contribution in [-0.2, 0) is 27.8 Å². The SMILES string of the molecule is CCS(=O)(=O)N1CCc2nc(NC(=O)C(C)(C)C)sc2C1. The van der Waals surface area contributed by atoms with Crippen LogP contribution >= 0.6 is 11.3 Å². The van der Waals surface area contributed by atoms with E-state index in [0.29, 0.717) is 24.6 Å². The van der Waals surface area contributed by atoms with E-state index in [4.69, 9.17) is 0 Å². The van der Waals surface area contributed by atoms with Crippen LogP contribution in [-0.4, -0.2) is 35.9 Å². The number of nitrogens with zero attached hydrogens (tertiary/aromatic N) is 2. The summed E-state index contributed by atoms with van der Waals surface area (Å²) in [5, 5.41) is 3.36. The van der Waals surface area contributed by atoms with E-state index in [2.05, 4.69) is 10.3 Å². The van der Waals surface area contributed by atoms with Gasteiger partial charge in [0.2, 0.25) is 15.9 Å². The Kier molecular flexibility index (Phi) is 4.41. The van der Waals surface area contributed by atoms with Gasteiger partial charge in [-0.15, -0.1) is 11.3 Å². The third-order valence-electron chi connectivity index (χ3n) is 3.36. The smallest absolute Gasteiger partial charge is 0.231 e. The number of thiazole rings is 1. The fourth-order valence-corrected chi connectivity index (χ4v) is 4.09. The summed E-state index contributed by atoms with van der Waals surface area (Å²) in [6.07, 6.45) is 0.594. The molecular weight excluding hydrogens is 310 g/mol. The summed E-state index contributed by atoms with van der Waals surface area (Å²) in [6, 6.07) is 0. The normalized spacial score (nSPS) is 16.6. The van der Waals surface area contributed by atoms with E-state index >= 15 is 0 Å². The molecule has 1 aliphatic rings. The standard InChI is InChI=1S/C13H21N3O3S2/c1-5-21(18,19)16-7-6-9-10(8-16)20-12(14-9)15-11(17)13(2,3)4/h5-8H2,1-4H3,(H,14,15,17). The summed E-state index contributed by atoms with van der Waals surface area (Å²) in [6.45, 7) is 7.98. The van der Waals surface area contributed by atoms with Crippen molar-refractivity contribution in [3.8, 4) is 0 Å². The molecule has 0 unspecified atom stereocenters. The molecule has 0 aliphatic carbocycles. The van der Waals surface area contributed by atoms with E-state index in [1.165, 1.54) is 15.6 Å². The quantitative estimate of drug-likeness (QED) is 0.916. The Morgan fingerprint density at radius 1 is 1.43 bits per heavy atom. The molecular formula is C13H21N3O3S2. The Morgan fingerprint density at radius 3 is 2.67 bits per heavy atom. The average Bonchev–Trinajstić information content (AvgIpc) is 2.78. The molecule has 118 valence electrons. The highest BCUT2D eigenvalue weighted by molar-refractivity contribution is 7.89. The van der Waals surface area contributed by atoms with Crippen LogP contribution in [0.1, 0.15) is 38.3 Å². The van der Waals surface area contributed by atoms with E-state index in [0.717, 1.165) is 10.6 Å². The lowest BCUT2D eigenvalue weighted by Gasteiger charge is -2.24. The Labute approximate surface area is 129 Å². The van der Waals surface area contributed by atoms with Gasteiger partial charge < -0.3 is 5.32 Å². The number of nitrogens with one attached hydrogen (secondary N) is 1. The number of hydrogen-bond acceptors (Lipinski definition) is 5. The van der Waals surface area contributed by atoms with Crippen molar-refractivity contribution < 1.29 is 13.2 Å². The highest BCUT2D eigenvalue weighted by Crippen LogP contribution is 2.30. The van der Waals surface area contributed by atoms with Crippen LogP contribution in [0.15, 0.2) is 0 Å². The number of anilines is 1. The maximum atomic E-state index is 12.0. The molecule has 2 heterocycles. The Balaban J connectivity index is 2.15. The third kappa shape index (κ3) is 3.61. The molecule has 0 radical (unpaired) electrons. The fraction of sp³-hybridized carbons (Fsp3) is 0.692. The molecule has 1 aromatic heterocycles. The lowest BCUT2D eigenvalue weighted by atomic mass is 9.96. The van der Waals surface area contributed by atoms with Crippen molar-refractivity contribution in [2.75, 3.05) is 17.6 Å². The second-order valence-corrected chi connectivity index (χ2v) is 9.42. The van der Waals surface area contributed by atoms with E-state index in [1.54, 1.807) is 6.92 Å². The third-order valence-corrected chi connectivity index (χ3v) is 6.18. The second-order valence-electron chi connectivity index (χ2n) is 6.08. The predicted octanol–water partition coefficient (Wildman–Crippen LogP) is 1.84. The number of rotatable bonds is 3. The van der Waals surface area contributed by atoms with E-state index in [-0.39, 0.29) is 11.7 Å². The minimum atomic E-state index is -3.18. The number of amides is 1. The van der Waals surface area contributed by atoms with E-state index in [9.17, 15) is 13.2 Å². The second kappa shape index (κ2) is 5.66. The van der Waals surface area contributed by atoms with Crippen molar-refractivity contribution in [1.29, 1.82) is 0 Å². The highest BCUT2D eigenvalue weighted by atomic mass is 32.2. The number of hydrogen-bond donors (Lipinski definition) is 1. The first kappa shape index (κ1) is 16.4. The zero-order chi connectivity index (χ0) is 15.8. The molecule has 0 saturated heterocycles. The molecule has 1 aromatic rings. The molecule has 6 nitrogen and oxygen atoms in total. The summed E-state index contributed by atoms with van der Waals surface area (Å²) in [4.78, 5) is 17.3. The van der Waals surface area contributed by atoms with Gasteiger partial charge >= 0.3 is 0 Å². The molecule has 0 atom stereocenters. The zero-order valence-corrected chi connectivity index (χ0v) is 14.4. The minimum absolute atomic E-state index is 0.0911. The maximum Gasteiger partial charge on any atom is 0.231 e. The Hall–Kier alpha value is -0.990. The van der Waals surface area contributed by atoms with Crippen LogP contribution < -0.4 is 5.32 Å². The van der Waals surface area contributed by atoms with Gasteiger partial charge in [-0.1, -0.05) is 20.8 Å². The lowest BCUT2D eigenvalue weighted by Crippen LogP contribution is -2.36. The molecule has 1 amide bonds. The number of aromatic nitrogens is 1. The van der Waals surface area contributed by atoms with Crippen molar-refractivity contribution in [3.63, 3.8) is 0 Å². The topological polar surface area (TPSA) is 79.4 Å². The molecule has 0 spiro atoms. The van der Waals surface area contributed by atoms with Crippen LogP contribution in [0.2, 0.25) is 0 Å². The van der Waals surface area contributed by atoms with Crippen molar-refractivity contribution in [2.45, 2.75) is 40.7 Å². The first-order chi connectivity index (χ1) is 9.63. The van der Waals surface area contributed by atoms with Gasteiger partial charge in [0.25, 0.3) is 0 Å². The molecule has 0 bridgehead atoms.